The summed E-state index contributed by atoms with van der Waals surface area (Å²) < 4.78 is 34.0. The molecule has 0 saturated carbocycles. The van der Waals surface area contributed by atoms with E-state index in [1.165, 1.54) is 0 Å². The molecule has 0 saturated heterocycles. The molecule has 424 valence electrons. The summed E-state index contributed by atoms with van der Waals surface area (Å²) >= 11 is 0. The van der Waals surface area contributed by atoms with Gasteiger partial charge in [0.05, 0.1) is 27.7 Å². The van der Waals surface area contributed by atoms with Gasteiger partial charge in [0, 0.05) is 12.8 Å². The van der Waals surface area contributed by atoms with Crippen molar-refractivity contribution < 1.29 is 42.1 Å². The van der Waals surface area contributed by atoms with Crippen LogP contribution in [-0.4, -0.2) is 70.0 Å². The molecule has 0 fully saturated rings. The van der Waals surface area contributed by atoms with Crippen molar-refractivity contribution in [3.8, 4) is 0 Å². The number of quaternary nitrogens is 1. The van der Waals surface area contributed by atoms with Crippen LogP contribution < -0.4 is 4.89 Å². The maximum atomic E-state index is 12.8. The predicted octanol–water partition coefficient (Wildman–Crippen LogP) is 17.4. The minimum Gasteiger partial charge on any atom is -0.756 e. The highest BCUT2D eigenvalue weighted by Crippen LogP contribution is 2.38. The summed E-state index contributed by atoms with van der Waals surface area (Å²) in [5.41, 5.74) is 0. The molecule has 0 bridgehead atoms. The first-order valence-electron chi connectivity index (χ1n) is 28.5. The van der Waals surface area contributed by atoms with E-state index >= 15 is 0 Å². The molecule has 0 amide bonds. The van der Waals surface area contributed by atoms with E-state index in [0.29, 0.717) is 23.9 Å². The van der Waals surface area contributed by atoms with Crippen LogP contribution in [0.3, 0.4) is 0 Å². The minimum absolute atomic E-state index is 0.0556. The van der Waals surface area contributed by atoms with E-state index in [1.807, 2.05) is 21.1 Å². The molecule has 76 heavy (non-hydrogen) atoms. The molecule has 0 aliphatic carbocycles. The number of phosphoric ester groups is 1. The molecule has 2 atom stereocenters. The van der Waals surface area contributed by atoms with Gasteiger partial charge in [0.1, 0.15) is 19.8 Å². The number of allylic oxidation sites excluding steroid dienone is 30. The average molecular weight is 1070 g/mol. The lowest BCUT2D eigenvalue weighted by atomic mass is 10.1. The summed E-state index contributed by atoms with van der Waals surface area (Å²) in [4.78, 5) is 37.7. The first-order chi connectivity index (χ1) is 37.0. The van der Waals surface area contributed by atoms with Gasteiger partial charge in [-0.15, -0.1) is 0 Å². The molecule has 0 radical (unpaired) electrons. The third-order valence-corrected chi connectivity index (χ3v) is 11.9. The van der Waals surface area contributed by atoms with E-state index in [-0.39, 0.29) is 26.1 Å². The normalized spacial score (nSPS) is 14.7. The van der Waals surface area contributed by atoms with Crippen LogP contribution in [0.15, 0.2) is 182 Å². The van der Waals surface area contributed by atoms with Crippen molar-refractivity contribution in [2.24, 2.45) is 0 Å². The van der Waals surface area contributed by atoms with Crippen molar-refractivity contribution in [3.05, 3.63) is 182 Å². The molecule has 0 aromatic carbocycles. The van der Waals surface area contributed by atoms with E-state index in [1.54, 1.807) is 0 Å². The van der Waals surface area contributed by atoms with Crippen LogP contribution in [-0.2, 0) is 32.7 Å². The zero-order valence-electron chi connectivity index (χ0n) is 47.9. The highest BCUT2D eigenvalue weighted by atomic mass is 31.2. The van der Waals surface area contributed by atoms with Gasteiger partial charge >= 0.3 is 11.9 Å². The molecule has 0 rings (SSSR count). The summed E-state index contributed by atoms with van der Waals surface area (Å²) in [6.07, 6.45) is 85.3. The quantitative estimate of drug-likeness (QED) is 0.0195. The van der Waals surface area contributed by atoms with Gasteiger partial charge in [-0.1, -0.05) is 203 Å². The molecule has 0 aliphatic heterocycles. The van der Waals surface area contributed by atoms with Crippen LogP contribution in [0.2, 0.25) is 0 Å². The number of hydrogen-bond donors (Lipinski definition) is 0. The van der Waals surface area contributed by atoms with Gasteiger partial charge < -0.3 is 27.9 Å². The van der Waals surface area contributed by atoms with Crippen LogP contribution >= 0.6 is 7.82 Å². The Balaban J connectivity index is 4.30. The van der Waals surface area contributed by atoms with E-state index in [9.17, 15) is 19.0 Å². The Labute approximate surface area is 463 Å². The van der Waals surface area contributed by atoms with Crippen molar-refractivity contribution >= 4 is 19.8 Å². The monoisotopic (exact) mass is 1070 g/mol. The largest absolute Gasteiger partial charge is 0.756 e. The van der Waals surface area contributed by atoms with Crippen LogP contribution in [0.25, 0.3) is 0 Å². The number of likely N-dealkylation sites (N-methyl/N-ethyl adjacent to an activating group) is 1. The zero-order chi connectivity index (χ0) is 55.6. The van der Waals surface area contributed by atoms with Crippen molar-refractivity contribution in [1.82, 2.24) is 0 Å². The fraction of sp³-hybridized carbons (Fsp3) is 0.515. The number of unbranched alkanes of at least 4 members (excludes halogenated alkanes) is 5. The van der Waals surface area contributed by atoms with Crippen molar-refractivity contribution in [2.75, 3.05) is 47.5 Å². The Morgan fingerprint density at radius 1 is 0.408 bits per heavy atom. The van der Waals surface area contributed by atoms with Crippen LogP contribution in [0, 0.1) is 0 Å². The average Bonchev–Trinajstić information content (AvgIpc) is 3.38. The van der Waals surface area contributed by atoms with Gasteiger partial charge in [-0.25, -0.2) is 0 Å². The van der Waals surface area contributed by atoms with Gasteiger partial charge in [-0.05, 0) is 135 Å². The Morgan fingerprint density at radius 2 is 0.711 bits per heavy atom. The second-order valence-electron chi connectivity index (χ2n) is 19.2. The molecule has 0 aromatic heterocycles. The van der Waals surface area contributed by atoms with Gasteiger partial charge in [0.2, 0.25) is 0 Å². The van der Waals surface area contributed by atoms with E-state index in [4.69, 9.17) is 18.5 Å². The fourth-order valence-corrected chi connectivity index (χ4v) is 7.32. The Hall–Kier alpha value is -4.89. The molecular formula is C66H102NO8P. The summed E-state index contributed by atoms with van der Waals surface area (Å²) in [7, 11) is 1.09. The number of rotatable bonds is 49. The highest BCUT2D eigenvalue weighted by molar-refractivity contribution is 7.45. The molecule has 0 heterocycles. The number of esters is 2. The summed E-state index contributed by atoms with van der Waals surface area (Å²) in [6.45, 7) is 3.87. The lowest BCUT2D eigenvalue weighted by molar-refractivity contribution is -0.870. The van der Waals surface area contributed by atoms with Crippen molar-refractivity contribution in [3.63, 3.8) is 0 Å². The molecule has 9 nitrogen and oxygen atoms in total. The summed E-state index contributed by atoms with van der Waals surface area (Å²) in [5, 5.41) is 0. The van der Waals surface area contributed by atoms with Crippen molar-refractivity contribution in [2.45, 2.75) is 174 Å². The van der Waals surface area contributed by atoms with Crippen LogP contribution in [0.1, 0.15) is 168 Å². The number of carbonyl (C=O) groups excluding carboxylic acids is 2. The molecule has 10 heteroatoms. The van der Waals surface area contributed by atoms with Gasteiger partial charge in [0.15, 0.2) is 6.10 Å². The lowest BCUT2D eigenvalue weighted by Crippen LogP contribution is -2.37. The molecule has 2 unspecified atom stereocenters. The highest BCUT2D eigenvalue weighted by Gasteiger charge is 2.21. The molecular weight excluding hydrogens is 966 g/mol. The zero-order valence-corrected chi connectivity index (χ0v) is 48.8. The summed E-state index contributed by atoms with van der Waals surface area (Å²) in [6, 6.07) is 0. The third kappa shape index (κ3) is 58.4. The number of ether oxygens (including phenoxy) is 2. The van der Waals surface area contributed by atoms with Crippen molar-refractivity contribution in [1.29, 1.82) is 0 Å². The minimum atomic E-state index is -4.67. The lowest BCUT2D eigenvalue weighted by Gasteiger charge is -2.28. The smallest absolute Gasteiger partial charge is 0.306 e. The van der Waals surface area contributed by atoms with Gasteiger partial charge in [0.25, 0.3) is 7.82 Å². The molecule has 0 aliphatic rings. The van der Waals surface area contributed by atoms with Gasteiger partial charge in [-0.3, -0.25) is 14.2 Å². The fourth-order valence-electron chi connectivity index (χ4n) is 6.59. The number of hydrogen-bond acceptors (Lipinski definition) is 8. The first kappa shape index (κ1) is 71.1. The first-order valence-corrected chi connectivity index (χ1v) is 30.0. The van der Waals surface area contributed by atoms with E-state index in [0.717, 1.165) is 128 Å². The maximum Gasteiger partial charge on any atom is 0.306 e. The maximum absolute atomic E-state index is 12.8. The SMILES string of the molecule is CC/C=C\C/C=C\C/C=C\C/C=C\C/C=C\C/C=C\C/C=C\C/C=C\C/C=C\C/C=C\C/C=C\CCCCCC(=O)OC(COC(=O)CCCC/C=C\C/C=C\C/C=C\C/C=C\CC)COP(=O)([O-])OCC[N+](C)(C)C. The number of nitrogens with zero attached hydrogens (tertiary/aromatic N) is 1. The second kappa shape index (κ2) is 54.9. The third-order valence-electron chi connectivity index (χ3n) is 10.9. The Morgan fingerprint density at radius 3 is 1.05 bits per heavy atom. The molecule has 0 spiro atoms. The van der Waals surface area contributed by atoms with E-state index in [2.05, 4.69) is 196 Å². The Kier molecular flexibility index (Phi) is 51.4. The molecule has 0 N–H and O–H groups in total. The Bertz CT molecular complexity index is 1930. The predicted molar refractivity (Wildman–Crippen MR) is 323 cm³/mol. The van der Waals surface area contributed by atoms with Gasteiger partial charge in [-0.2, -0.15) is 0 Å². The topological polar surface area (TPSA) is 111 Å². The van der Waals surface area contributed by atoms with E-state index < -0.39 is 32.5 Å². The molecule has 0 aromatic rings. The second-order valence-corrected chi connectivity index (χ2v) is 20.6. The number of carbonyl (C=O) groups is 2. The summed E-state index contributed by atoms with van der Waals surface area (Å²) in [5.74, 6) is -0.941. The van der Waals surface area contributed by atoms with Crippen LogP contribution in [0.5, 0.6) is 0 Å². The number of phosphoric acid groups is 1. The van der Waals surface area contributed by atoms with Crippen LogP contribution in [0.4, 0.5) is 0 Å². The standard InChI is InChI=1S/C66H102NO8P/c1-6-8-10-12-14-16-18-20-22-23-24-25-26-27-28-29-30-31-32-33-34-35-36-37-38-39-40-41-42-43-45-47-49-51-53-55-57-59-66(69)75-64(63-74-76(70,71)73-61-60-67(3,4)5)62-72-65(68)58-56-54-52-50-48-46-44-21-19-17-15-13-11-9-7-2/h8-11,14-17,20-22,24-25,27-28,30-31,33-34,36-37,39-40,42-44,47-50,64H,6-7,12-13,18-19,23,26,29,32,35,38,41,45-46,51-63H2,1-5H3/b10-8-,11-9-,16-14-,17-15-,22-20-,25-24-,28-27-,31-30-,34-33-,37-36-,40-39-,43-42-,44-21-,49-47-,50-48-.